The summed E-state index contributed by atoms with van der Waals surface area (Å²) in [7, 11) is 0. The van der Waals surface area contributed by atoms with Crippen LogP contribution in [0.3, 0.4) is 0 Å². The number of carbonyl (C=O) groups is 1. The number of halogens is 1. The van der Waals surface area contributed by atoms with Crippen molar-refractivity contribution in [2.24, 2.45) is 0 Å². The number of amides is 1. The number of aryl methyl sites for hydroxylation is 1. The highest BCUT2D eigenvalue weighted by Gasteiger charge is 2.18. The molecule has 0 radical (unpaired) electrons. The number of anilines is 1. The molecular formula is C24H16BrNO2. The lowest BCUT2D eigenvalue weighted by Gasteiger charge is -2.11. The highest BCUT2D eigenvalue weighted by Crippen LogP contribution is 2.34. The van der Waals surface area contributed by atoms with Gasteiger partial charge in [-0.15, -0.1) is 0 Å². The molecule has 0 aliphatic carbocycles. The molecule has 0 unspecified atom stereocenters. The second-order valence-corrected chi connectivity index (χ2v) is 7.74. The van der Waals surface area contributed by atoms with Crippen LogP contribution >= 0.6 is 15.9 Å². The van der Waals surface area contributed by atoms with E-state index < -0.39 is 0 Å². The molecule has 5 aromatic rings. The maximum atomic E-state index is 13.2. The van der Waals surface area contributed by atoms with Gasteiger partial charge in [0.05, 0.1) is 5.56 Å². The maximum absolute atomic E-state index is 13.2. The molecule has 1 N–H and O–H groups in total. The first kappa shape index (κ1) is 17.0. The summed E-state index contributed by atoms with van der Waals surface area (Å²) in [5.74, 6) is -0.180. The Morgan fingerprint density at radius 2 is 1.57 bits per heavy atom. The van der Waals surface area contributed by atoms with Gasteiger partial charge in [0.15, 0.2) is 0 Å². The zero-order valence-electron chi connectivity index (χ0n) is 15.1. The van der Waals surface area contributed by atoms with E-state index in [2.05, 4.69) is 27.3 Å². The van der Waals surface area contributed by atoms with E-state index in [9.17, 15) is 4.79 Å². The fourth-order valence-corrected chi connectivity index (χ4v) is 4.18. The minimum Gasteiger partial charge on any atom is -0.455 e. The molecule has 1 aromatic heterocycles. The summed E-state index contributed by atoms with van der Waals surface area (Å²) >= 11 is 3.58. The van der Waals surface area contributed by atoms with E-state index in [1.807, 2.05) is 73.7 Å². The third-order valence-electron chi connectivity index (χ3n) is 4.99. The van der Waals surface area contributed by atoms with Crippen LogP contribution in [0, 0.1) is 6.92 Å². The van der Waals surface area contributed by atoms with Crippen LogP contribution in [0.25, 0.3) is 32.7 Å². The summed E-state index contributed by atoms with van der Waals surface area (Å²) in [6.07, 6.45) is 0. The fourth-order valence-electron chi connectivity index (χ4n) is 3.70. The van der Waals surface area contributed by atoms with Crippen molar-refractivity contribution in [3.63, 3.8) is 0 Å². The molecule has 4 aromatic carbocycles. The second kappa shape index (κ2) is 6.50. The summed E-state index contributed by atoms with van der Waals surface area (Å²) in [6.45, 7) is 1.99. The number of hydrogen-bond donors (Lipinski definition) is 1. The molecule has 0 fully saturated rings. The van der Waals surface area contributed by atoms with Crippen molar-refractivity contribution in [1.29, 1.82) is 0 Å². The number of nitrogens with one attached hydrogen (secondary N) is 1. The number of benzene rings is 4. The number of para-hydroxylation sites is 1. The predicted octanol–water partition coefficient (Wildman–Crippen LogP) is 7.06. The third kappa shape index (κ3) is 2.69. The first-order chi connectivity index (χ1) is 13.6. The quantitative estimate of drug-likeness (QED) is 0.326. The molecule has 0 aliphatic rings. The van der Waals surface area contributed by atoms with Crippen molar-refractivity contribution < 1.29 is 9.21 Å². The Kier molecular flexibility index (Phi) is 3.95. The van der Waals surface area contributed by atoms with E-state index in [-0.39, 0.29) is 5.91 Å². The van der Waals surface area contributed by atoms with Gasteiger partial charge in [-0.2, -0.15) is 0 Å². The van der Waals surface area contributed by atoms with Crippen molar-refractivity contribution in [1.82, 2.24) is 0 Å². The fraction of sp³-hybridized carbons (Fsp3) is 0.0417. The summed E-state index contributed by atoms with van der Waals surface area (Å²) in [5, 5.41) is 7.09. The molecule has 0 spiro atoms. The minimum atomic E-state index is -0.180. The first-order valence-electron chi connectivity index (χ1n) is 9.02. The van der Waals surface area contributed by atoms with Crippen molar-refractivity contribution >= 4 is 60.2 Å². The Morgan fingerprint density at radius 1 is 0.857 bits per heavy atom. The molecule has 28 heavy (non-hydrogen) atoms. The highest BCUT2D eigenvalue weighted by molar-refractivity contribution is 9.10. The predicted molar refractivity (Wildman–Crippen MR) is 118 cm³/mol. The van der Waals surface area contributed by atoms with Gasteiger partial charge >= 0.3 is 0 Å². The first-order valence-corrected chi connectivity index (χ1v) is 9.81. The normalized spacial score (nSPS) is 11.4. The van der Waals surface area contributed by atoms with Crippen LogP contribution in [-0.2, 0) is 0 Å². The monoisotopic (exact) mass is 429 g/mol. The van der Waals surface area contributed by atoms with E-state index >= 15 is 0 Å². The van der Waals surface area contributed by atoms with E-state index in [0.717, 1.165) is 42.9 Å². The molecule has 0 atom stereocenters. The number of carbonyl (C=O) groups excluding carboxylic acids is 1. The molecule has 0 saturated carbocycles. The number of hydrogen-bond acceptors (Lipinski definition) is 2. The SMILES string of the molecule is Cc1cc(C(=O)Nc2ccc(Br)c3ccccc23)c2oc3ccccc3c2c1. The van der Waals surface area contributed by atoms with Gasteiger partial charge in [0, 0.05) is 26.3 Å². The highest BCUT2D eigenvalue weighted by atomic mass is 79.9. The number of fused-ring (bicyclic) bond motifs is 4. The average Bonchev–Trinajstić information content (AvgIpc) is 3.08. The van der Waals surface area contributed by atoms with Gasteiger partial charge in [-0.1, -0.05) is 58.4 Å². The Bertz CT molecular complexity index is 1380. The van der Waals surface area contributed by atoms with Gasteiger partial charge in [-0.25, -0.2) is 0 Å². The summed E-state index contributed by atoms with van der Waals surface area (Å²) in [5.41, 5.74) is 3.73. The molecule has 0 bridgehead atoms. The van der Waals surface area contributed by atoms with Crippen molar-refractivity contribution in [3.8, 4) is 0 Å². The summed E-state index contributed by atoms with van der Waals surface area (Å²) < 4.78 is 7.03. The van der Waals surface area contributed by atoms with Gasteiger partial charge in [0.2, 0.25) is 0 Å². The van der Waals surface area contributed by atoms with E-state index in [4.69, 9.17) is 4.42 Å². The van der Waals surface area contributed by atoms with Crippen molar-refractivity contribution in [3.05, 3.63) is 88.4 Å². The zero-order valence-corrected chi connectivity index (χ0v) is 16.7. The van der Waals surface area contributed by atoms with Crippen LogP contribution in [0.1, 0.15) is 15.9 Å². The lowest BCUT2D eigenvalue weighted by Crippen LogP contribution is -2.12. The molecule has 1 amide bonds. The summed E-state index contributed by atoms with van der Waals surface area (Å²) in [6, 6.07) is 23.6. The smallest absolute Gasteiger partial charge is 0.259 e. The Hall–Kier alpha value is -3.11. The van der Waals surface area contributed by atoms with Crippen LogP contribution in [0.15, 0.2) is 81.7 Å². The second-order valence-electron chi connectivity index (χ2n) is 6.88. The van der Waals surface area contributed by atoms with E-state index in [1.54, 1.807) is 0 Å². The lowest BCUT2D eigenvalue weighted by molar-refractivity contribution is 0.102. The van der Waals surface area contributed by atoms with Gasteiger partial charge in [0.25, 0.3) is 5.91 Å². The van der Waals surface area contributed by atoms with Gasteiger partial charge < -0.3 is 9.73 Å². The minimum absolute atomic E-state index is 0.180. The topological polar surface area (TPSA) is 42.2 Å². The number of furan rings is 1. The third-order valence-corrected chi connectivity index (χ3v) is 5.68. The van der Waals surface area contributed by atoms with Crippen molar-refractivity contribution in [2.45, 2.75) is 6.92 Å². The lowest BCUT2D eigenvalue weighted by atomic mass is 10.0. The molecule has 5 rings (SSSR count). The Balaban J connectivity index is 1.65. The molecule has 0 saturated heterocycles. The number of rotatable bonds is 2. The zero-order chi connectivity index (χ0) is 19.3. The van der Waals surface area contributed by atoms with Gasteiger partial charge in [0.1, 0.15) is 11.2 Å². The molecular weight excluding hydrogens is 414 g/mol. The largest absolute Gasteiger partial charge is 0.455 e. The Labute approximate surface area is 170 Å². The average molecular weight is 430 g/mol. The van der Waals surface area contributed by atoms with Crippen LogP contribution in [0.2, 0.25) is 0 Å². The van der Waals surface area contributed by atoms with Gasteiger partial charge in [-0.3, -0.25) is 4.79 Å². The van der Waals surface area contributed by atoms with E-state index in [0.29, 0.717) is 11.1 Å². The summed E-state index contributed by atoms with van der Waals surface area (Å²) in [4.78, 5) is 13.2. The van der Waals surface area contributed by atoms with Crippen LogP contribution in [-0.4, -0.2) is 5.91 Å². The van der Waals surface area contributed by atoms with Gasteiger partial charge in [-0.05, 0) is 48.2 Å². The standard InChI is InChI=1S/C24H16BrNO2/c1-14-12-18-17-8-4-5-9-22(17)28-23(18)19(13-14)24(27)26-21-11-10-20(25)15-6-2-3-7-16(15)21/h2-13H,1H3,(H,26,27). The van der Waals surface area contributed by atoms with Crippen LogP contribution in [0.5, 0.6) is 0 Å². The maximum Gasteiger partial charge on any atom is 0.259 e. The molecule has 0 aliphatic heterocycles. The molecule has 4 heteroatoms. The Morgan fingerprint density at radius 3 is 2.39 bits per heavy atom. The molecule has 3 nitrogen and oxygen atoms in total. The van der Waals surface area contributed by atoms with E-state index in [1.165, 1.54) is 0 Å². The van der Waals surface area contributed by atoms with Crippen LogP contribution < -0.4 is 5.32 Å². The molecule has 136 valence electrons. The molecule has 1 heterocycles. The van der Waals surface area contributed by atoms with Crippen LogP contribution in [0.4, 0.5) is 5.69 Å². The van der Waals surface area contributed by atoms with Crippen molar-refractivity contribution in [2.75, 3.05) is 5.32 Å².